The van der Waals surface area contributed by atoms with Gasteiger partial charge in [-0.25, -0.2) is 9.78 Å². The van der Waals surface area contributed by atoms with E-state index >= 15 is 0 Å². The number of nitrogens with one attached hydrogen (secondary N) is 2. The van der Waals surface area contributed by atoms with Gasteiger partial charge in [-0.3, -0.25) is 14.6 Å². The van der Waals surface area contributed by atoms with Crippen molar-refractivity contribution in [3.63, 3.8) is 0 Å². The molecule has 9 nitrogen and oxygen atoms in total. The third-order valence-corrected chi connectivity index (χ3v) is 9.38. The van der Waals surface area contributed by atoms with Gasteiger partial charge in [0.15, 0.2) is 0 Å². The third-order valence-electron chi connectivity index (χ3n) is 9.38. The minimum atomic E-state index is -1.14. The molecule has 0 amide bonds. The predicted octanol–water partition coefficient (Wildman–Crippen LogP) is 7.43. The Balaban J connectivity index is 2.04. The number of carboxylic acids is 2. The SMILES string of the molecule is C=Cc1c(C)c2cc3nc(c(CC(=O)CC)c4nc(cc5[nH]c(cc1[nH]2)c(C)c5CC)C(C)=C4C(=O)O)[C@@H](CCC(=O)O)[C@@H]3C. The molecule has 45 heavy (non-hydrogen) atoms. The van der Waals surface area contributed by atoms with Crippen LogP contribution in [0.15, 0.2) is 24.8 Å². The van der Waals surface area contributed by atoms with Gasteiger partial charge in [-0.1, -0.05) is 33.4 Å². The van der Waals surface area contributed by atoms with Crippen LogP contribution in [0.3, 0.4) is 0 Å². The molecule has 0 saturated carbocycles. The van der Waals surface area contributed by atoms with Crippen molar-refractivity contribution in [1.29, 1.82) is 0 Å². The van der Waals surface area contributed by atoms with Crippen molar-refractivity contribution in [2.75, 3.05) is 0 Å². The summed E-state index contributed by atoms with van der Waals surface area (Å²) in [7, 11) is 0. The van der Waals surface area contributed by atoms with E-state index in [4.69, 9.17) is 9.97 Å². The number of aliphatic carboxylic acids is 2. The molecule has 0 radical (unpaired) electrons. The maximum atomic E-state index is 13.1. The van der Waals surface area contributed by atoms with E-state index in [0.717, 1.165) is 56.4 Å². The topological polar surface area (TPSA) is 149 Å². The fourth-order valence-electron chi connectivity index (χ4n) is 6.70. The second-order valence-corrected chi connectivity index (χ2v) is 12.0. The third kappa shape index (κ3) is 5.63. The first-order valence-corrected chi connectivity index (χ1v) is 15.5. The van der Waals surface area contributed by atoms with Gasteiger partial charge in [0.1, 0.15) is 5.78 Å². The van der Waals surface area contributed by atoms with Crippen LogP contribution in [0.25, 0.3) is 39.3 Å². The number of allylic oxidation sites excluding steroid dienone is 1. The maximum absolute atomic E-state index is 13.1. The molecular formula is C36H40N4O5. The molecule has 0 fully saturated rings. The van der Waals surface area contributed by atoms with E-state index in [2.05, 4.69) is 36.5 Å². The molecule has 9 heteroatoms. The molecule has 234 valence electrons. The second-order valence-electron chi connectivity index (χ2n) is 12.0. The number of H-pyrrole nitrogens is 2. The first-order valence-electron chi connectivity index (χ1n) is 15.5. The molecule has 3 aromatic rings. The van der Waals surface area contributed by atoms with Gasteiger partial charge >= 0.3 is 11.9 Å². The lowest BCUT2D eigenvalue weighted by Gasteiger charge is -2.18. The number of hydrogen-bond donors (Lipinski definition) is 4. The lowest BCUT2D eigenvalue weighted by molar-refractivity contribution is -0.137. The maximum Gasteiger partial charge on any atom is 0.338 e. The van der Waals surface area contributed by atoms with Crippen LogP contribution in [-0.4, -0.2) is 47.9 Å². The largest absolute Gasteiger partial charge is 0.481 e. The van der Waals surface area contributed by atoms with Crippen LogP contribution in [0, 0.1) is 13.8 Å². The first kappa shape index (κ1) is 31.6. The minimum Gasteiger partial charge on any atom is -0.481 e. The molecule has 5 rings (SSSR count). The van der Waals surface area contributed by atoms with Crippen LogP contribution in [0.4, 0.5) is 0 Å². The van der Waals surface area contributed by atoms with Crippen LogP contribution >= 0.6 is 0 Å². The Kier molecular flexibility index (Phi) is 8.65. The minimum absolute atomic E-state index is 0.0300. The average molecular weight is 609 g/mol. The monoisotopic (exact) mass is 608 g/mol. The highest BCUT2D eigenvalue weighted by molar-refractivity contribution is 6.24. The Labute approximate surface area is 262 Å². The highest BCUT2D eigenvalue weighted by Crippen LogP contribution is 2.43. The smallest absolute Gasteiger partial charge is 0.338 e. The summed E-state index contributed by atoms with van der Waals surface area (Å²) in [5.41, 5.74) is 10.5. The van der Waals surface area contributed by atoms with Crippen LogP contribution in [-0.2, 0) is 27.2 Å². The highest BCUT2D eigenvalue weighted by Gasteiger charge is 2.35. The van der Waals surface area contributed by atoms with Crippen molar-refractivity contribution >= 4 is 57.0 Å². The Hall–Kier alpha value is -4.79. The summed E-state index contributed by atoms with van der Waals surface area (Å²) in [6.07, 6.45) is 2.97. The molecule has 8 bridgehead atoms. The van der Waals surface area contributed by atoms with E-state index in [-0.39, 0.29) is 54.6 Å². The van der Waals surface area contributed by atoms with Gasteiger partial charge in [0.2, 0.25) is 0 Å². The van der Waals surface area contributed by atoms with Gasteiger partial charge in [0.05, 0.1) is 22.7 Å². The van der Waals surface area contributed by atoms with Crippen molar-refractivity contribution < 1.29 is 24.6 Å². The lowest BCUT2D eigenvalue weighted by Crippen LogP contribution is -2.13. The van der Waals surface area contributed by atoms with Gasteiger partial charge in [-0.15, -0.1) is 0 Å². The number of aromatic nitrogens is 4. The zero-order valence-corrected chi connectivity index (χ0v) is 26.7. The summed E-state index contributed by atoms with van der Waals surface area (Å²) in [5.74, 6) is -2.71. The number of fused-ring (bicyclic) bond motifs is 8. The molecule has 2 atom stereocenters. The number of aromatic amines is 2. The molecule has 4 N–H and O–H groups in total. The molecule has 2 aliphatic heterocycles. The zero-order chi connectivity index (χ0) is 32.7. The number of carbonyl (C=O) groups is 3. The summed E-state index contributed by atoms with van der Waals surface area (Å²) in [4.78, 5) is 54.7. The van der Waals surface area contributed by atoms with Crippen LogP contribution in [0.2, 0.25) is 0 Å². The standard InChI is InChI=1S/C36H40N4O5/c1-8-21(41)13-25-34-24(11-12-32(42)43)19(6)28(39-34)14-26-17(4)22(9-2)30(37-26)15-27-18(5)23(10-3)31(38-27)16-29-20(7)33(36(44)45)35(25)40-29/h9,14-16,19,24,37-38H,2,8,10-13H2,1,3-7H3,(H,42,43)(H,44,45)/t19-,24-/m0/s1. The predicted molar refractivity (Wildman–Crippen MR) is 177 cm³/mol. The molecule has 0 saturated heterocycles. The Morgan fingerprint density at radius 2 is 1.62 bits per heavy atom. The van der Waals surface area contributed by atoms with Crippen LogP contribution in [0.5, 0.6) is 0 Å². The Morgan fingerprint density at radius 1 is 0.933 bits per heavy atom. The van der Waals surface area contributed by atoms with E-state index in [0.29, 0.717) is 22.5 Å². The Bertz CT molecular complexity index is 1960. The normalized spacial score (nSPS) is 16.2. The van der Waals surface area contributed by atoms with Gasteiger partial charge in [0.25, 0.3) is 0 Å². The molecule has 2 aliphatic rings. The molecule has 0 spiro atoms. The zero-order valence-electron chi connectivity index (χ0n) is 26.7. The van der Waals surface area contributed by atoms with E-state index < -0.39 is 11.9 Å². The summed E-state index contributed by atoms with van der Waals surface area (Å²) in [6.45, 7) is 15.7. The molecule has 5 heterocycles. The summed E-state index contributed by atoms with van der Waals surface area (Å²) >= 11 is 0. The molecule has 3 aromatic heterocycles. The van der Waals surface area contributed by atoms with Crippen LogP contribution < -0.4 is 0 Å². The molecule has 0 aromatic carbocycles. The highest BCUT2D eigenvalue weighted by atomic mass is 16.4. The summed E-state index contributed by atoms with van der Waals surface area (Å²) in [6, 6.07) is 5.92. The number of rotatable bonds is 9. The number of aryl methyl sites for hydroxylation is 3. The molecular weight excluding hydrogens is 568 g/mol. The number of carboxylic acid groups (broad SMARTS) is 2. The van der Waals surface area contributed by atoms with E-state index in [1.807, 2.05) is 32.1 Å². The van der Waals surface area contributed by atoms with Crippen molar-refractivity contribution in [3.8, 4) is 0 Å². The van der Waals surface area contributed by atoms with Gasteiger partial charge in [0, 0.05) is 70.0 Å². The van der Waals surface area contributed by atoms with Crippen molar-refractivity contribution in [3.05, 3.63) is 75.4 Å². The quantitative estimate of drug-likeness (QED) is 0.197. The van der Waals surface area contributed by atoms with Gasteiger partial charge < -0.3 is 20.2 Å². The molecule has 0 aliphatic carbocycles. The van der Waals surface area contributed by atoms with E-state index in [9.17, 15) is 24.6 Å². The average Bonchev–Trinajstić information content (AvgIpc) is 3.67. The number of Topliss-reactive ketones (excluding diaryl/α,β-unsaturated/α-hetero) is 1. The number of hydrogen-bond acceptors (Lipinski definition) is 5. The number of carbonyl (C=O) groups excluding carboxylic acids is 1. The second kappa shape index (κ2) is 12.3. The van der Waals surface area contributed by atoms with E-state index in [1.165, 1.54) is 0 Å². The van der Waals surface area contributed by atoms with Crippen molar-refractivity contribution in [1.82, 2.24) is 19.9 Å². The fraction of sp³-hybridized carbons (Fsp3) is 0.361. The lowest BCUT2D eigenvalue weighted by atomic mass is 9.84. The van der Waals surface area contributed by atoms with Gasteiger partial charge in [-0.2, -0.15) is 0 Å². The van der Waals surface area contributed by atoms with Crippen molar-refractivity contribution in [2.45, 2.75) is 85.5 Å². The van der Waals surface area contributed by atoms with Gasteiger partial charge in [-0.05, 0) is 74.1 Å². The summed E-state index contributed by atoms with van der Waals surface area (Å²) < 4.78 is 0. The van der Waals surface area contributed by atoms with Crippen molar-refractivity contribution in [2.24, 2.45) is 0 Å². The number of nitrogens with zero attached hydrogens (tertiary/aromatic N) is 2. The van der Waals surface area contributed by atoms with E-state index in [1.54, 1.807) is 13.8 Å². The number of ketones is 1. The fourth-order valence-corrected chi connectivity index (χ4v) is 6.70. The molecule has 0 unspecified atom stereocenters. The first-order chi connectivity index (χ1) is 21.4. The summed E-state index contributed by atoms with van der Waals surface area (Å²) in [5, 5.41) is 20.1. The van der Waals surface area contributed by atoms with Crippen LogP contribution in [0.1, 0.15) is 109 Å². The Morgan fingerprint density at radius 3 is 2.24 bits per heavy atom.